The van der Waals surface area contributed by atoms with Crippen molar-refractivity contribution in [1.29, 1.82) is 0 Å². The third-order valence-corrected chi connectivity index (χ3v) is 7.49. The Morgan fingerprint density at radius 1 is 0.882 bits per heavy atom. The molecule has 3 rings (SSSR count). The fourth-order valence-corrected chi connectivity index (χ4v) is 5.01. The standard InChI is InChI=1S/C23H32N4O6S/c1-31-20-7-5-19(6-8-20)26-11-13-27(14-12-26)34(29,30)15-10-24-23(28)25-17-18-4-9-21(32-2)22(16-18)33-3/h4-9,16H,10-15,17H2,1-3H3,(H2,24,25,28). The minimum atomic E-state index is -3.47. The van der Waals surface area contributed by atoms with Gasteiger partial charge in [-0.1, -0.05) is 6.07 Å². The summed E-state index contributed by atoms with van der Waals surface area (Å²) in [5, 5.41) is 5.33. The number of carbonyl (C=O) groups excluding carboxylic acids is 1. The predicted molar refractivity (Wildman–Crippen MR) is 130 cm³/mol. The molecule has 2 N–H and O–H groups in total. The molecule has 11 heteroatoms. The first kappa shape index (κ1) is 25.4. The van der Waals surface area contributed by atoms with E-state index in [-0.39, 0.29) is 18.8 Å². The van der Waals surface area contributed by atoms with Gasteiger partial charge in [-0.15, -0.1) is 0 Å². The number of nitrogens with one attached hydrogen (secondary N) is 2. The van der Waals surface area contributed by atoms with Crippen LogP contribution in [0, 0.1) is 0 Å². The van der Waals surface area contributed by atoms with Crippen LogP contribution in [0.25, 0.3) is 0 Å². The van der Waals surface area contributed by atoms with Crippen LogP contribution in [0.1, 0.15) is 5.56 Å². The Labute approximate surface area is 200 Å². The van der Waals surface area contributed by atoms with Gasteiger partial charge in [0.05, 0.1) is 27.1 Å². The number of methoxy groups -OCH3 is 3. The van der Waals surface area contributed by atoms with Crippen molar-refractivity contribution in [3.8, 4) is 17.2 Å². The van der Waals surface area contributed by atoms with Gasteiger partial charge in [-0.2, -0.15) is 4.31 Å². The lowest BCUT2D eigenvalue weighted by Crippen LogP contribution is -2.50. The molecule has 1 aliphatic rings. The zero-order valence-corrected chi connectivity index (χ0v) is 20.6. The van der Waals surface area contributed by atoms with E-state index in [1.165, 1.54) is 4.31 Å². The van der Waals surface area contributed by atoms with Gasteiger partial charge in [-0.25, -0.2) is 13.2 Å². The molecule has 2 aromatic rings. The monoisotopic (exact) mass is 492 g/mol. The third-order valence-electron chi connectivity index (χ3n) is 5.62. The van der Waals surface area contributed by atoms with E-state index < -0.39 is 16.1 Å². The molecule has 1 aliphatic heterocycles. The summed E-state index contributed by atoms with van der Waals surface area (Å²) in [6, 6.07) is 12.6. The van der Waals surface area contributed by atoms with Crippen LogP contribution < -0.4 is 29.7 Å². The van der Waals surface area contributed by atoms with Gasteiger partial charge >= 0.3 is 6.03 Å². The van der Waals surface area contributed by atoms with Crippen molar-refractivity contribution >= 4 is 21.7 Å². The predicted octanol–water partition coefficient (Wildman–Crippen LogP) is 1.66. The van der Waals surface area contributed by atoms with Gasteiger partial charge < -0.3 is 29.7 Å². The van der Waals surface area contributed by atoms with Crippen molar-refractivity contribution in [2.24, 2.45) is 0 Å². The number of urea groups is 1. The number of anilines is 1. The lowest BCUT2D eigenvalue weighted by atomic mass is 10.2. The molecule has 1 heterocycles. The third kappa shape index (κ3) is 6.67. The Bertz CT molecular complexity index is 1050. The normalized spacial score (nSPS) is 14.4. The van der Waals surface area contributed by atoms with Crippen molar-refractivity contribution in [1.82, 2.24) is 14.9 Å². The van der Waals surface area contributed by atoms with Gasteiger partial charge in [0.15, 0.2) is 11.5 Å². The van der Waals surface area contributed by atoms with E-state index in [0.717, 1.165) is 17.0 Å². The fraction of sp³-hybridized carbons (Fsp3) is 0.435. The Morgan fingerprint density at radius 2 is 1.56 bits per heavy atom. The molecule has 2 amide bonds. The summed E-state index contributed by atoms with van der Waals surface area (Å²) in [5.74, 6) is 1.80. The number of rotatable bonds is 10. The lowest BCUT2D eigenvalue weighted by Gasteiger charge is -2.35. The molecule has 0 unspecified atom stereocenters. The van der Waals surface area contributed by atoms with Crippen molar-refractivity contribution < 1.29 is 27.4 Å². The smallest absolute Gasteiger partial charge is 0.315 e. The summed E-state index contributed by atoms with van der Waals surface area (Å²) in [7, 11) is 1.25. The van der Waals surface area contributed by atoms with E-state index in [4.69, 9.17) is 14.2 Å². The quantitative estimate of drug-likeness (QED) is 0.519. The van der Waals surface area contributed by atoms with Gasteiger partial charge in [0.25, 0.3) is 0 Å². The van der Waals surface area contributed by atoms with Crippen LogP contribution in [0.3, 0.4) is 0 Å². The number of hydrogen-bond acceptors (Lipinski definition) is 7. The largest absolute Gasteiger partial charge is 0.497 e. The van der Waals surface area contributed by atoms with Crippen LogP contribution in [-0.2, 0) is 16.6 Å². The van der Waals surface area contributed by atoms with Crippen molar-refractivity contribution in [3.05, 3.63) is 48.0 Å². The molecule has 0 saturated carbocycles. The molecule has 0 aliphatic carbocycles. The Kier molecular flexibility index (Phi) is 8.83. The highest BCUT2D eigenvalue weighted by molar-refractivity contribution is 7.89. The van der Waals surface area contributed by atoms with Crippen LogP contribution >= 0.6 is 0 Å². The molecular weight excluding hydrogens is 460 g/mol. The maximum Gasteiger partial charge on any atom is 0.315 e. The molecule has 34 heavy (non-hydrogen) atoms. The first-order valence-electron chi connectivity index (χ1n) is 11.0. The molecule has 0 aromatic heterocycles. The minimum Gasteiger partial charge on any atom is -0.497 e. The summed E-state index contributed by atoms with van der Waals surface area (Å²) in [6.07, 6.45) is 0. The van der Waals surface area contributed by atoms with E-state index in [0.29, 0.717) is 37.7 Å². The van der Waals surface area contributed by atoms with Crippen LogP contribution in [0.15, 0.2) is 42.5 Å². The molecule has 1 fully saturated rings. The molecule has 10 nitrogen and oxygen atoms in total. The van der Waals surface area contributed by atoms with Gasteiger partial charge in [0, 0.05) is 45.0 Å². The van der Waals surface area contributed by atoms with Crippen LogP contribution in [-0.4, -0.2) is 78.6 Å². The molecule has 1 saturated heterocycles. The summed E-state index contributed by atoms with van der Waals surface area (Å²) in [5.41, 5.74) is 1.86. The molecule has 186 valence electrons. The summed E-state index contributed by atoms with van der Waals surface area (Å²) >= 11 is 0. The SMILES string of the molecule is COc1ccc(N2CCN(S(=O)(=O)CCNC(=O)NCc3ccc(OC)c(OC)c3)CC2)cc1. The number of nitrogens with zero attached hydrogens (tertiary/aromatic N) is 2. The summed E-state index contributed by atoms with van der Waals surface area (Å²) in [6.45, 7) is 2.31. The van der Waals surface area contributed by atoms with Crippen LogP contribution in [0.5, 0.6) is 17.2 Å². The van der Waals surface area contributed by atoms with Gasteiger partial charge in [0.2, 0.25) is 10.0 Å². The minimum absolute atomic E-state index is 0.0266. The number of piperazine rings is 1. The molecule has 0 spiro atoms. The van der Waals surface area contributed by atoms with E-state index in [2.05, 4.69) is 15.5 Å². The number of carbonyl (C=O) groups is 1. The number of benzene rings is 2. The molecule has 0 atom stereocenters. The number of hydrogen-bond donors (Lipinski definition) is 2. The zero-order chi connectivity index (χ0) is 24.6. The van der Waals surface area contributed by atoms with Gasteiger partial charge in [0.1, 0.15) is 5.75 Å². The van der Waals surface area contributed by atoms with E-state index >= 15 is 0 Å². The molecule has 0 radical (unpaired) electrons. The molecular formula is C23H32N4O6S. The number of ether oxygens (including phenoxy) is 3. The number of sulfonamides is 1. The average Bonchev–Trinajstić information content (AvgIpc) is 2.87. The van der Waals surface area contributed by atoms with Crippen molar-refractivity contribution in [2.75, 3.05) is 64.7 Å². The van der Waals surface area contributed by atoms with Crippen LogP contribution in [0.2, 0.25) is 0 Å². The Hall–Kier alpha value is -3.18. The summed E-state index contributed by atoms with van der Waals surface area (Å²) in [4.78, 5) is 14.2. The first-order chi connectivity index (χ1) is 16.4. The van der Waals surface area contributed by atoms with E-state index in [9.17, 15) is 13.2 Å². The highest BCUT2D eigenvalue weighted by Gasteiger charge is 2.26. The second kappa shape index (κ2) is 11.8. The second-order valence-corrected chi connectivity index (χ2v) is 9.79. The van der Waals surface area contributed by atoms with E-state index in [1.807, 2.05) is 30.3 Å². The van der Waals surface area contributed by atoms with Crippen molar-refractivity contribution in [3.63, 3.8) is 0 Å². The summed E-state index contributed by atoms with van der Waals surface area (Å²) < 4.78 is 42.5. The molecule has 0 bridgehead atoms. The maximum atomic E-state index is 12.7. The highest BCUT2D eigenvalue weighted by atomic mass is 32.2. The maximum absolute atomic E-state index is 12.7. The lowest BCUT2D eigenvalue weighted by molar-refractivity contribution is 0.241. The second-order valence-electron chi connectivity index (χ2n) is 7.70. The first-order valence-corrected chi connectivity index (χ1v) is 12.6. The highest BCUT2D eigenvalue weighted by Crippen LogP contribution is 2.27. The van der Waals surface area contributed by atoms with Crippen molar-refractivity contribution in [2.45, 2.75) is 6.54 Å². The van der Waals surface area contributed by atoms with E-state index in [1.54, 1.807) is 33.5 Å². The average molecular weight is 493 g/mol. The zero-order valence-electron chi connectivity index (χ0n) is 19.7. The topological polar surface area (TPSA) is 109 Å². The fourth-order valence-electron chi connectivity index (χ4n) is 3.68. The Morgan fingerprint density at radius 3 is 2.18 bits per heavy atom. The van der Waals surface area contributed by atoms with Gasteiger partial charge in [-0.05, 0) is 42.0 Å². The Balaban J connectivity index is 1.40. The molecule has 2 aromatic carbocycles. The van der Waals surface area contributed by atoms with Gasteiger partial charge in [-0.3, -0.25) is 0 Å². The number of amides is 2. The van der Waals surface area contributed by atoms with Crippen LogP contribution in [0.4, 0.5) is 10.5 Å².